The van der Waals surface area contributed by atoms with Gasteiger partial charge in [-0.15, -0.1) is 10.2 Å². The molecular formula is C27H36N6O2S. The average Bonchev–Trinajstić information content (AvgIpc) is 3.59. The van der Waals surface area contributed by atoms with E-state index in [1.54, 1.807) is 11.3 Å². The Hall–Kier alpha value is -3.07. The van der Waals surface area contributed by atoms with Gasteiger partial charge >= 0.3 is 0 Å². The topological polar surface area (TPSA) is 84.3 Å². The maximum Gasteiger partial charge on any atom is 0.223 e. The minimum Gasteiger partial charge on any atom is -0.494 e. The van der Waals surface area contributed by atoms with Crippen molar-refractivity contribution >= 4 is 28.1 Å². The van der Waals surface area contributed by atoms with E-state index in [1.165, 1.54) is 19.3 Å². The Labute approximate surface area is 217 Å². The van der Waals surface area contributed by atoms with Crippen molar-refractivity contribution in [3.05, 3.63) is 48.3 Å². The lowest BCUT2D eigenvalue weighted by Crippen LogP contribution is -2.44. The molecule has 0 atom stereocenters. The molecule has 0 spiro atoms. The van der Waals surface area contributed by atoms with Crippen molar-refractivity contribution < 1.29 is 9.53 Å². The number of carbonyl (C=O) groups is 1. The van der Waals surface area contributed by atoms with Gasteiger partial charge in [-0.2, -0.15) is 0 Å². The van der Waals surface area contributed by atoms with E-state index in [9.17, 15) is 4.79 Å². The van der Waals surface area contributed by atoms with Crippen LogP contribution in [0.25, 0.3) is 5.13 Å². The van der Waals surface area contributed by atoms with E-state index >= 15 is 0 Å². The van der Waals surface area contributed by atoms with Gasteiger partial charge in [0.1, 0.15) is 5.75 Å². The van der Waals surface area contributed by atoms with Crippen molar-refractivity contribution in [1.82, 2.24) is 20.1 Å². The third kappa shape index (κ3) is 6.00. The van der Waals surface area contributed by atoms with Crippen LogP contribution >= 0.6 is 11.3 Å². The molecule has 1 aliphatic heterocycles. The molecular weight excluding hydrogens is 472 g/mol. The van der Waals surface area contributed by atoms with E-state index < -0.39 is 0 Å². The van der Waals surface area contributed by atoms with E-state index in [4.69, 9.17) is 4.74 Å². The molecule has 1 aliphatic carbocycles. The first-order valence-corrected chi connectivity index (χ1v) is 14.0. The molecule has 1 aromatic carbocycles. The van der Waals surface area contributed by atoms with Crippen molar-refractivity contribution in [2.45, 2.75) is 64.5 Å². The summed E-state index contributed by atoms with van der Waals surface area (Å²) >= 11 is 1.60. The van der Waals surface area contributed by atoms with Crippen molar-refractivity contribution in [2.75, 3.05) is 29.9 Å². The van der Waals surface area contributed by atoms with Crippen LogP contribution in [0.15, 0.2) is 42.6 Å². The Kier molecular flexibility index (Phi) is 8.05. The summed E-state index contributed by atoms with van der Waals surface area (Å²) in [7, 11) is 0. The van der Waals surface area contributed by atoms with Gasteiger partial charge < -0.3 is 20.3 Å². The predicted octanol–water partition coefficient (Wildman–Crippen LogP) is 5.00. The van der Waals surface area contributed by atoms with E-state index in [-0.39, 0.29) is 11.8 Å². The van der Waals surface area contributed by atoms with Crippen LogP contribution in [0, 0.1) is 5.92 Å². The zero-order chi connectivity index (χ0) is 24.7. The fraction of sp³-hybridized carbons (Fsp3) is 0.519. The monoisotopic (exact) mass is 508 g/mol. The largest absolute Gasteiger partial charge is 0.494 e. The number of hydrogen-bond acceptors (Lipinski definition) is 7. The van der Waals surface area contributed by atoms with Gasteiger partial charge in [-0.3, -0.25) is 9.36 Å². The molecule has 36 heavy (non-hydrogen) atoms. The molecule has 3 heterocycles. The molecule has 2 aliphatic rings. The van der Waals surface area contributed by atoms with Crippen molar-refractivity contribution in [1.29, 1.82) is 0 Å². The highest BCUT2D eigenvalue weighted by atomic mass is 32.1. The van der Waals surface area contributed by atoms with E-state index in [0.29, 0.717) is 19.2 Å². The summed E-state index contributed by atoms with van der Waals surface area (Å²) in [5.74, 6) is 1.23. The summed E-state index contributed by atoms with van der Waals surface area (Å²) in [4.78, 5) is 15.0. The fourth-order valence-corrected chi connectivity index (χ4v) is 6.02. The van der Waals surface area contributed by atoms with Crippen LogP contribution in [-0.4, -0.2) is 46.4 Å². The van der Waals surface area contributed by atoms with Crippen molar-refractivity contribution in [2.24, 2.45) is 5.92 Å². The second-order valence-corrected chi connectivity index (χ2v) is 10.6. The lowest BCUT2D eigenvalue weighted by molar-refractivity contribution is -0.126. The Bertz CT molecular complexity index is 1110. The van der Waals surface area contributed by atoms with Crippen molar-refractivity contribution in [3.8, 4) is 10.9 Å². The number of amides is 1. The highest BCUT2D eigenvalue weighted by molar-refractivity contribution is 7.17. The normalized spacial score (nSPS) is 17.2. The molecule has 1 saturated heterocycles. The first kappa shape index (κ1) is 24.6. The third-order valence-corrected chi connectivity index (χ3v) is 8.15. The highest BCUT2D eigenvalue weighted by Crippen LogP contribution is 2.29. The SMILES string of the molecule is CCOc1ccc(NCc2cccn2-c2nnc(N3CCC(C(=O)NC4CCCCC4)CC3)s2)cc1. The second-order valence-electron chi connectivity index (χ2n) is 9.65. The van der Waals surface area contributed by atoms with Gasteiger partial charge in [0, 0.05) is 42.6 Å². The Morgan fingerprint density at radius 2 is 1.78 bits per heavy atom. The third-order valence-electron chi connectivity index (χ3n) is 7.17. The summed E-state index contributed by atoms with van der Waals surface area (Å²) in [6.45, 7) is 5.01. The Morgan fingerprint density at radius 1 is 1.03 bits per heavy atom. The minimum absolute atomic E-state index is 0.111. The molecule has 0 radical (unpaired) electrons. The van der Waals surface area contributed by atoms with Gasteiger partial charge in [0.15, 0.2) is 0 Å². The summed E-state index contributed by atoms with van der Waals surface area (Å²) < 4.78 is 7.61. The molecule has 192 valence electrons. The fourth-order valence-electron chi connectivity index (χ4n) is 5.11. The van der Waals surface area contributed by atoms with Gasteiger partial charge in [0.05, 0.1) is 13.2 Å². The maximum atomic E-state index is 12.7. The molecule has 1 saturated carbocycles. The van der Waals surface area contributed by atoms with Gasteiger partial charge in [0.2, 0.25) is 16.2 Å². The van der Waals surface area contributed by atoms with Gasteiger partial charge in [-0.1, -0.05) is 30.6 Å². The first-order chi connectivity index (χ1) is 17.7. The van der Waals surface area contributed by atoms with Gasteiger partial charge in [0.25, 0.3) is 0 Å². The van der Waals surface area contributed by atoms with Crippen LogP contribution in [-0.2, 0) is 11.3 Å². The smallest absolute Gasteiger partial charge is 0.223 e. The number of rotatable bonds is 9. The van der Waals surface area contributed by atoms with Crippen LogP contribution in [0.4, 0.5) is 10.8 Å². The van der Waals surface area contributed by atoms with Crippen molar-refractivity contribution in [3.63, 3.8) is 0 Å². The second kappa shape index (κ2) is 11.8. The number of carbonyl (C=O) groups excluding carboxylic acids is 1. The molecule has 2 aromatic heterocycles. The Morgan fingerprint density at radius 3 is 2.53 bits per heavy atom. The summed E-state index contributed by atoms with van der Waals surface area (Å²) in [5.41, 5.74) is 2.16. The summed E-state index contributed by atoms with van der Waals surface area (Å²) in [6.07, 6.45) is 9.82. The summed E-state index contributed by atoms with van der Waals surface area (Å²) in [6, 6.07) is 12.5. The average molecular weight is 509 g/mol. The number of hydrogen-bond donors (Lipinski definition) is 2. The number of piperidine rings is 1. The zero-order valence-corrected chi connectivity index (χ0v) is 21.8. The highest BCUT2D eigenvalue weighted by Gasteiger charge is 2.28. The molecule has 0 unspecified atom stereocenters. The number of ether oxygens (including phenoxy) is 1. The van der Waals surface area contributed by atoms with Crippen LogP contribution in [0.2, 0.25) is 0 Å². The van der Waals surface area contributed by atoms with E-state index in [2.05, 4.69) is 36.4 Å². The molecule has 9 heteroatoms. The number of anilines is 2. The van der Waals surface area contributed by atoms with E-state index in [1.807, 2.05) is 43.5 Å². The van der Waals surface area contributed by atoms with E-state index in [0.717, 1.165) is 66.2 Å². The predicted molar refractivity (Wildman–Crippen MR) is 144 cm³/mol. The first-order valence-electron chi connectivity index (χ1n) is 13.2. The van der Waals surface area contributed by atoms with Crippen LogP contribution in [0.1, 0.15) is 57.6 Å². The molecule has 1 amide bonds. The van der Waals surface area contributed by atoms with Crippen LogP contribution in [0.3, 0.4) is 0 Å². The Balaban J connectivity index is 1.14. The number of aromatic nitrogens is 3. The molecule has 3 aromatic rings. The minimum atomic E-state index is 0.111. The van der Waals surface area contributed by atoms with Crippen LogP contribution in [0.5, 0.6) is 5.75 Å². The molecule has 2 N–H and O–H groups in total. The lowest BCUT2D eigenvalue weighted by Gasteiger charge is -2.32. The maximum absolute atomic E-state index is 12.7. The molecule has 5 rings (SSSR count). The standard InChI is InChI=1S/C27H36N6O2S/c1-2-35-24-12-10-21(11-13-24)28-19-23-9-6-16-33(23)27-31-30-26(36-27)32-17-14-20(15-18-32)25(34)29-22-7-4-3-5-8-22/h6,9-13,16,20,22,28H,2-5,7-8,14-15,17-19H2,1H3,(H,29,34). The summed E-state index contributed by atoms with van der Waals surface area (Å²) in [5, 5.41) is 17.5. The van der Waals surface area contributed by atoms with Gasteiger partial charge in [-0.25, -0.2) is 0 Å². The quantitative estimate of drug-likeness (QED) is 0.423. The molecule has 8 nitrogen and oxygen atoms in total. The molecule has 0 bridgehead atoms. The lowest BCUT2D eigenvalue weighted by atomic mass is 9.92. The zero-order valence-electron chi connectivity index (χ0n) is 21.0. The number of nitrogens with zero attached hydrogens (tertiary/aromatic N) is 4. The number of nitrogens with one attached hydrogen (secondary N) is 2. The number of benzene rings is 1. The van der Waals surface area contributed by atoms with Crippen LogP contribution < -0.4 is 20.3 Å². The van der Waals surface area contributed by atoms with Gasteiger partial charge in [-0.05, 0) is 69.0 Å². The molecule has 2 fully saturated rings.